The van der Waals surface area contributed by atoms with E-state index in [1.54, 1.807) is 11.8 Å². The Kier molecular flexibility index (Phi) is 3.48. The van der Waals surface area contributed by atoms with Crippen LogP contribution in [-0.2, 0) is 0 Å². The van der Waals surface area contributed by atoms with Crippen LogP contribution in [0.5, 0.6) is 0 Å². The molecule has 8 unspecified atom stereocenters. The molecular formula is C18H28O2S. The van der Waals surface area contributed by atoms with Gasteiger partial charge in [0.15, 0.2) is 0 Å². The molecule has 0 aromatic heterocycles. The minimum atomic E-state index is -0.946. The molecule has 2 N–H and O–H groups in total. The van der Waals surface area contributed by atoms with Crippen LogP contribution in [0, 0.1) is 29.6 Å². The number of aliphatic hydroxyl groups excluding tert-OH is 1. The van der Waals surface area contributed by atoms with Crippen LogP contribution in [0.15, 0.2) is 12.7 Å². The van der Waals surface area contributed by atoms with Gasteiger partial charge in [0.25, 0.3) is 0 Å². The highest BCUT2D eigenvalue weighted by Gasteiger charge is 2.61. The lowest BCUT2D eigenvalue weighted by Crippen LogP contribution is -2.46. The standard InChI is InChI=1S/C18H28O2S/c1-3-15-16(19)18(2,20)17(21-15)14-9-13(14)12-8-7-11(12)10-5-4-6-10/h3,10-17,19-20H,1,4-9H2,2H3. The largest absolute Gasteiger partial charge is 0.389 e. The third kappa shape index (κ3) is 2.14. The molecule has 1 saturated heterocycles. The molecular weight excluding hydrogens is 280 g/mol. The molecule has 3 saturated carbocycles. The van der Waals surface area contributed by atoms with Gasteiger partial charge in [-0.15, -0.1) is 18.3 Å². The predicted molar refractivity (Wildman–Crippen MR) is 87.1 cm³/mol. The number of thioether (sulfide) groups is 1. The monoisotopic (exact) mass is 308 g/mol. The highest BCUT2D eigenvalue weighted by molar-refractivity contribution is 8.01. The molecule has 0 spiro atoms. The van der Waals surface area contributed by atoms with Gasteiger partial charge in [-0.05, 0) is 55.8 Å². The van der Waals surface area contributed by atoms with Crippen LogP contribution in [-0.4, -0.2) is 32.4 Å². The van der Waals surface area contributed by atoms with E-state index >= 15 is 0 Å². The first kappa shape index (κ1) is 14.6. The lowest BCUT2D eigenvalue weighted by Gasteiger charge is -2.46. The summed E-state index contributed by atoms with van der Waals surface area (Å²) in [5.74, 6) is 4.39. The first-order valence-corrected chi connectivity index (χ1v) is 9.66. The summed E-state index contributed by atoms with van der Waals surface area (Å²) in [5, 5.41) is 21.2. The second-order valence-electron chi connectivity index (χ2n) is 8.09. The minimum Gasteiger partial charge on any atom is -0.389 e. The summed E-state index contributed by atoms with van der Waals surface area (Å²) in [6, 6.07) is 0. The highest BCUT2D eigenvalue weighted by Crippen LogP contribution is 2.63. The number of hydrogen-bond acceptors (Lipinski definition) is 3. The van der Waals surface area contributed by atoms with Crippen LogP contribution < -0.4 is 0 Å². The van der Waals surface area contributed by atoms with Gasteiger partial charge in [-0.2, -0.15) is 0 Å². The lowest BCUT2D eigenvalue weighted by molar-refractivity contribution is -0.0539. The van der Waals surface area contributed by atoms with E-state index < -0.39 is 11.7 Å². The van der Waals surface area contributed by atoms with Crippen molar-refractivity contribution in [3.05, 3.63) is 12.7 Å². The molecule has 0 bridgehead atoms. The second-order valence-corrected chi connectivity index (χ2v) is 9.41. The fourth-order valence-corrected chi connectivity index (χ4v) is 7.02. The lowest BCUT2D eigenvalue weighted by atomic mass is 9.59. The molecule has 0 aromatic rings. The SMILES string of the molecule is C=CC1SC(C2CC2C2CCC2C2CCC2)C(C)(O)C1O. The van der Waals surface area contributed by atoms with E-state index in [0.717, 1.165) is 23.7 Å². The summed E-state index contributed by atoms with van der Waals surface area (Å²) >= 11 is 1.76. The van der Waals surface area contributed by atoms with Crippen molar-refractivity contribution in [2.24, 2.45) is 29.6 Å². The number of hydrogen-bond donors (Lipinski definition) is 2. The Balaban J connectivity index is 1.41. The Morgan fingerprint density at radius 1 is 1.10 bits per heavy atom. The fourth-order valence-electron chi connectivity index (χ4n) is 5.21. The summed E-state index contributed by atoms with van der Waals surface area (Å²) in [6.45, 7) is 5.65. The van der Waals surface area contributed by atoms with Crippen LogP contribution in [0.3, 0.4) is 0 Å². The van der Waals surface area contributed by atoms with Crippen LogP contribution in [0.25, 0.3) is 0 Å². The average Bonchev–Trinajstić information content (AvgIpc) is 3.07. The maximum atomic E-state index is 10.7. The number of aliphatic hydroxyl groups is 2. The zero-order chi connectivity index (χ0) is 14.8. The van der Waals surface area contributed by atoms with Crippen molar-refractivity contribution in [1.29, 1.82) is 0 Å². The normalized spacial score (nSPS) is 56.6. The van der Waals surface area contributed by atoms with Gasteiger partial charge in [0.1, 0.15) is 5.60 Å². The van der Waals surface area contributed by atoms with Gasteiger partial charge in [-0.1, -0.05) is 25.3 Å². The van der Waals surface area contributed by atoms with Gasteiger partial charge >= 0.3 is 0 Å². The first-order chi connectivity index (χ1) is 10.0. The first-order valence-electron chi connectivity index (χ1n) is 8.72. The molecule has 0 amide bonds. The van der Waals surface area contributed by atoms with Crippen molar-refractivity contribution in [3.63, 3.8) is 0 Å². The zero-order valence-electron chi connectivity index (χ0n) is 12.9. The second kappa shape index (κ2) is 5.01. The molecule has 1 aliphatic heterocycles. The Morgan fingerprint density at radius 3 is 2.29 bits per heavy atom. The van der Waals surface area contributed by atoms with Crippen molar-refractivity contribution >= 4 is 11.8 Å². The van der Waals surface area contributed by atoms with E-state index in [0.29, 0.717) is 5.92 Å². The maximum Gasteiger partial charge on any atom is 0.101 e. The topological polar surface area (TPSA) is 40.5 Å². The Morgan fingerprint density at radius 2 is 1.81 bits per heavy atom. The summed E-state index contributed by atoms with van der Waals surface area (Å²) in [4.78, 5) is 0. The van der Waals surface area contributed by atoms with E-state index in [1.807, 2.05) is 13.0 Å². The van der Waals surface area contributed by atoms with Gasteiger partial charge in [-0.3, -0.25) is 0 Å². The summed E-state index contributed by atoms with van der Waals surface area (Å²) in [5.41, 5.74) is -0.946. The van der Waals surface area contributed by atoms with Gasteiger partial charge in [0.05, 0.1) is 11.4 Å². The molecule has 0 radical (unpaired) electrons. The molecule has 3 aliphatic carbocycles. The molecule has 3 heteroatoms. The smallest absolute Gasteiger partial charge is 0.101 e. The summed E-state index contributed by atoms with van der Waals surface area (Å²) < 4.78 is 0. The van der Waals surface area contributed by atoms with E-state index in [2.05, 4.69) is 6.58 Å². The van der Waals surface area contributed by atoms with Crippen molar-refractivity contribution in [2.45, 2.75) is 67.7 Å². The molecule has 4 fully saturated rings. The molecule has 118 valence electrons. The zero-order valence-corrected chi connectivity index (χ0v) is 13.8. The van der Waals surface area contributed by atoms with E-state index in [1.165, 1.54) is 38.5 Å². The van der Waals surface area contributed by atoms with Crippen molar-refractivity contribution < 1.29 is 10.2 Å². The molecule has 0 aromatic carbocycles. The average molecular weight is 308 g/mol. The Bertz CT molecular complexity index is 431. The molecule has 21 heavy (non-hydrogen) atoms. The van der Waals surface area contributed by atoms with Crippen molar-refractivity contribution in [1.82, 2.24) is 0 Å². The quantitative estimate of drug-likeness (QED) is 0.783. The van der Waals surface area contributed by atoms with E-state index in [4.69, 9.17) is 0 Å². The van der Waals surface area contributed by atoms with Gasteiger partial charge in [0, 0.05) is 5.25 Å². The van der Waals surface area contributed by atoms with Gasteiger partial charge in [0.2, 0.25) is 0 Å². The number of rotatable bonds is 4. The molecule has 2 nitrogen and oxygen atoms in total. The molecule has 1 heterocycles. The predicted octanol–water partition coefficient (Wildman–Crippen LogP) is 3.23. The van der Waals surface area contributed by atoms with Crippen LogP contribution in [0.1, 0.15) is 45.4 Å². The van der Waals surface area contributed by atoms with Crippen LogP contribution in [0.4, 0.5) is 0 Å². The molecule has 8 atom stereocenters. The van der Waals surface area contributed by atoms with Crippen molar-refractivity contribution in [2.75, 3.05) is 0 Å². The Hall–Kier alpha value is 0.01000. The fraction of sp³-hybridized carbons (Fsp3) is 0.889. The van der Waals surface area contributed by atoms with E-state index in [9.17, 15) is 10.2 Å². The Labute approximate surface area is 132 Å². The highest BCUT2D eigenvalue weighted by atomic mass is 32.2. The van der Waals surface area contributed by atoms with Crippen LogP contribution >= 0.6 is 11.8 Å². The molecule has 4 rings (SSSR count). The van der Waals surface area contributed by atoms with Gasteiger partial charge < -0.3 is 10.2 Å². The van der Waals surface area contributed by atoms with E-state index in [-0.39, 0.29) is 10.5 Å². The summed E-state index contributed by atoms with van der Waals surface area (Å²) in [7, 11) is 0. The maximum absolute atomic E-state index is 10.7. The summed E-state index contributed by atoms with van der Waals surface area (Å²) in [6.07, 6.45) is 9.66. The molecule has 4 aliphatic rings. The van der Waals surface area contributed by atoms with Crippen LogP contribution in [0.2, 0.25) is 0 Å². The third-order valence-electron chi connectivity index (χ3n) is 6.99. The third-order valence-corrected chi connectivity index (χ3v) is 8.88. The minimum absolute atomic E-state index is 0.00457. The van der Waals surface area contributed by atoms with Crippen molar-refractivity contribution in [3.8, 4) is 0 Å². The van der Waals surface area contributed by atoms with Gasteiger partial charge in [-0.25, -0.2) is 0 Å².